The fourth-order valence-corrected chi connectivity index (χ4v) is 2.63. The fraction of sp³-hybridized carbons (Fsp3) is 0.350. The molecule has 0 fully saturated rings. The minimum Gasteiger partial charge on any atom is -0.493 e. The molecule has 146 valence electrons. The maximum Gasteiger partial charge on any atom is 0.225 e. The van der Waals surface area contributed by atoms with Crippen LogP contribution in [-0.4, -0.2) is 40.3 Å². The van der Waals surface area contributed by atoms with Crippen LogP contribution in [0.1, 0.15) is 12.0 Å². The molecule has 0 radical (unpaired) electrons. The smallest absolute Gasteiger partial charge is 0.225 e. The number of ether oxygens (including phenoxy) is 3. The second-order valence-electron chi connectivity index (χ2n) is 5.80. The molecule has 6 nitrogen and oxygen atoms in total. The first-order chi connectivity index (χ1) is 13.1. The van der Waals surface area contributed by atoms with Crippen LogP contribution in [-0.2, 0) is 11.2 Å². The maximum atomic E-state index is 13.5. The number of carbonyl (C=O) groups excluding carboxylic acids is 1. The average Bonchev–Trinajstić information content (AvgIpc) is 2.68. The molecule has 2 N–H and O–H groups in total. The van der Waals surface area contributed by atoms with Gasteiger partial charge in [-0.2, -0.15) is 0 Å². The van der Waals surface area contributed by atoms with E-state index in [2.05, 4.69) is 10.6 Å². The third-order valence-corrected chi connectivity index (χ3v) is 4.01. The highest BCUT2D eigenvalue weighted by atomic mass is 19.1. The number of halogens is 1. The van der Waals surface area contributed by atoms with Crippen molar-refractivity contribution in [2.75, 3.05) is 39.7 Å². The van der Waals surface area contributed by atoms with Crippen molar-refractivity contribution in [3.8, 4) is 17.2 Å². The van der Waals surface area contributed by atoms with Crippen LogP contribution in [0.3, 0.4) is 0 Å². The number of rotatable bonds is 10. The molecule has 0 aromatic heterocycles. The molecular formula is C20H25FN2O4. The van der Waals surface area contributed by atoms with Crippen LogP contribution in [0.15, 0.2) is 36.4 Å². The second kappa shape index (κ2) is 10.4. The highest BCUT2D eigenvalue weighted by molar-refractivity contribution is 5.91. The fourth-order valence-electron chi connectivity index (χ4n) is 2.63. The van der Waals surface area contributed by atoms with Gasteiger partial charge in [0.25, 0.3) is 0 Å². The summed E-state index contributed by atoms with van der Waals surface area (Å²) in [6.45, 7) is 1.09. The molecular weight excluding hydrogens is 351 g/mol. The standard InChI is InChI=1S/C20H25FN2O4/c1-25-17-12-15(13-18(26-2)20(17)27-3)23-19(24)9-11-22-10-8-14-6-4-5-7-16(14)21/h4-7,12-13,22H,8-11H2,1-3H3,(H,23,24). The van der Waals surface area contributed by atoms with Gasteiger partial charge >= 0.3 is 0 Å². The van der Waals surface area contributed by atoms with E-state index in [1.54, 1.807) is 24.3 Å². The van der Waals surface area contributed by atoms with E-state index in [9.17, 15) is 9.18 Å². The van der Waals surface area contributed by atoms with E-state index in [0.717, 1.165) is 0 Å². The van der Waals surface area contributed by atoms with Gasteiger partial charge in [-0.3, -0.25) is 4.79 Å². The molecule has 0 saturated heterocycles. The summed E-state index contributed by atoms with van der Waals surface area (Å²) in [6.07, 6.45) is 0.856. The van der Waals surface area contributed by atoms with Gasteiger partial charge in [-0.1, -0.05) is 18.2 Å². The van der Waals surface area contributed by atoms with Crippen LogP contribution in [0.5, 0.6) is 17.2 Å². The predicted octanol–water partition coefficient (Wildman–Crippen LogP) is 3.01. The van der Waals surface area contributed by atoms with E-state index >= 15 is 0 Å². The minimum absolute atomic E-state index is 0.150. The summed E-state index contributed by atoms with van der Waals surface area (Å²) < 4.78 is 29.3. The lowest BCUT2D eigenvalue weighted by Gasteiger charge is -2.14. The maximum absolute atomic E-state index is 13.5. The summed E-state index contributed by atoms with van der Waals surface area (Å²) in [5, 5.41) is 5.95. The highest BCUT2D eigenvalue weighted by Gasteiger charge is 2.14. The Morgan fingerprint density at radius 1 is 1.00 bits per heavy atom. The molecule has 7 heteroatoms. The number of benzene rings is 2. The number of carbonyl (C=O) groups is 1. The Kier molecular flexibility index (Phi) is 7.88. The van der Waals surface area contributed by atoms with Gasteiger partial charge in [-0.05, 0) is 24.6 Å². The summed E-state index contributed by atoms with van der Waals surface area (Å²) in [5.41, 5.74) is 1.22. The molecule has 0 unspecified atom stereocenters. The first-order valence-corrected chi connectivity index (χ1v) is 8.63. The van der Waals surface area contributed by atoms with Crippen molar-refractivity contribution in [1.29, 1.82) is 0 Å². The van der Waals surface area contributed by atoms with E-state index in [0.29, 0.717) is 48.0 Å². The lowest BCUT2D eigenvalue weighted by Crippen LogP contribution is -2.23. The molecule has 0 bridgehead atoms. The summed E-state index contributed by atoms with van der Waals surface area (Å²) in [6, 6.07) is 10.0. The van der Waals surface area contributed by atoms with Gasteiger partial charge in [-0.15, -0.1) is 0 Å². The number of amides is 1. The third-order valence-electron chi connectivity index (χ3n) is 4.01. The zero-order chi connectivity index (χ0) is 19.6. The molecule has 0 atom stereocenters. The molecule has 2 aromatic carbocycles. The quantitative estimate of drug-likeness (QED) is 0.624. The monoisotopic (exact) mass is 376 g/mol. The number of hydrogen-bond acceptors (Lipinski definition) is 5. The second-order valence-corrected chi connectivity index (χ2v) is 5.80. The van der Waals surface area contributed by atoms with Crippen molar-refractivity contribution in [3.63, 3.8) is 0 Å². The van der Waals surface area contributed by atoms with E-state index in [4.69, 9.17) is 14.2 Å². The third kappa shape index (κ3) is 5.86. The Bertz CT molecular complexity index is 742. The lowest BCUT2D eigenvalue weighted by atomic mass is 10.1. The SMILES string of the molecule is COc1cc(NC(=O)CCNCCc2ccccc2F)cc(OC)c1OC. The van der Waals surface area contributed by atoms with Crippen molar-refractivity contribution in [2.24, 2.45) is 0 Å². The van der Waals surface area contributed by atoms with Crippen LogP contribution in [0.4, 0.5) is 10.1 Å². The molecule has 1 amide bonds. The number of methoxy groups -OCH3 is 3. The van der Waals surface area contributed by atoms with Crippen molar-refractivity contribution in [2.45, 2.75) is 12.8 Å². The summed E-state index contributed by atoms with van der Waals surface area (Å²) in [7, 11) is 4.55. The molecule has 0 spiro atoms. The normalized spacial score (nSPS) is 10.4. The molecule has 0 heterocycles. The topological polar surface area (TPSA) is 68.8 Å². The Morgan fingerprint density at radius 3 is 2.26 bits per heavy atom. The van der Waals surface area contributed by atoms with Crippen LogP contribution in [0.25, 0.3) is 0 Å². The lowest BCUT2D eigenvalue weighted by molar-refractivity contribution is -0.116. The largest absolute Gasteiger partial charge is 0.493 e. The molecule has 0 saturated carbocycles. The van der Waals surface area contributed by atoms with E-state index in [1.165, 1.54) is 27.4 Å². The number of nitrogens with one attached hydrogen (secondary N) is 2. The van der Waals surface area contributed by atoms with Gasteiger partial charge in [0, 0.05) is 30.8 Å². The molecule has 0 aliphatic heterocycles. The van der Waals surface area contributed by atoms with Gasteiger partial charge < -0.3 is 24.8 Å². The molecule has 2 rings (SSSR count). The first-order valence-electron chi connectivity index (χ1n) is 8.63. The molecule has 0 aliphatic carbocycles. The van der Waals surface area contributed by atoms with Crippen molar-refractivity contribution >= 4 is 11.6 Å². The van der Waals surface area contributed by atoms with E-state index in [-0.39, 0.29) is 18.1 Å². The van der Waals surface area contributed by atoms with Crippen molar-refractivity contribution in [3.05, 3.63) is 47.8 Å². The summed E-state index contributed by atoms with van der Waals surface area (Å²) >= 11 is 0. The summed E-state index contributed by atoms with van der Waals surface area (Å²) in [5.74, 6) is 1.04. The summed E-state index contributed by atoms with van der Waals surface area (Å²) in [4.78, 5) is 12.1. The molecule has 27 heavy (non-hydrogen) atoms. The van der Waals surface area contributed by atoms with E-state index < -0.39 is 0 Å². The average molecular weight is 376 g/mol. The van der Waals surface area contributed by atoms with Gasteiger partial charge in [0.15, 0.2) is 11.5 Å². The van der Waals surface area contributed by atoms with Crippen LogP contribution in [0, 0.1) is 5.82 Å². The predicted molar refractivity (Wildman–Crippen MR) is 102 cm³/mol. The van der Waals surface area contributed by atoms with E-state index in [1.807, 2.05) is 6.07 Å². The Labute approximate surface area is 158 Å². The van der Waals surface area contributed by atoms with Crippen molar-refractivity contribution in [1.82, 2.24) is 5.32 Å². The first kappa shape index (κ1) is 20.5. The minimum atomic E-state index is -0.209. The highest BCUT2D eigenvalue weighted by Crippen LogP contribution is 2.39. The Balaban J connectivity index is 1.81. The van der Waals surface area contributed by atoms with Gasteiger partial charge in [0.1, 0.15) is 5.82 Å². The molecule has 2 aromatic rings. The zero-order valence-corrected chi connectivity index (χ0v) is 15.8. The van der Waals surface area contributed by atoms with Crippen LogP contribution < -0.4 is 24.8 Å². The van der Waals surface area contributed by atoms with Crippen molar-refractivity contribution < 1.29 is 23.4 Å². The number of hydrogen-bond donors (Lipinski definition) is 2. The van der Waals surface area contributed by atoms with Crippen LogP contribution >= 0.6 is 0 Å². The Morgan fingerprint density at radius 2 is 1.67 bits per heavy atom. The number of anilines is 1. The van der Waals surface area contributed by atoms with Gasteiger partial charge in [-0.25, -0.2) is 4.39 Å². The molecule has 0 aliphatic rings. The van der Waals surface area contributed by atoms with Gasteiger partial charge in [0.05, 0.1) is 21.3 Å². The van der Waals surface area contributed by atoms with Gasteiger partial charge in [0.2, 0.25) is 11.7 Å². The van der Waals surface area contributed by atoms with Crippen LogP contribution in [0.2, 0.25) is 0 Å². The zero-order valence-electron chi connectivity index (χ0n) is 15.8. The Hall–Kier alpha value is -2.80.